The normalized spacial score (nSPS) is 16.0. The molecule has 0 bridgehead atoms. The van der Waals surface area contributed by atoms with Gasteiger partial charge in [-0.05, 0) is 56.7 Å². The van der Waals surface area contributed by atoms with Gasteiger partial charge in [-0.1, -0.05) is 35.9 Å². The fraction of sp³-hybridized carbons (Fsp3) is 0.211. The Hall–Kier alpha value is -2.06. The molecule has 1 aliphatic heterocycles. The number of halogens is 1. The van der Waals surface area contributed by atoms with E-state index in [-0.39, 0.29) is 11.4 Å². The van der Waals surface area contributed by atoms with Gasteiger partial charge in [-0.2, -0.15) is 0 Å². The van der Waals surface area contributed by atoms with Crippen LogP contribution in [0.2, 0.25) is 5.02 Å². The fourth-order valence-electron chi connectivity index (χ4n) is 3.08. The lowest BCUT2D eigenvalue weighted by atomic mass is 9.88. The molecule has 3 rings (SSSR count). The molecule has 1 amide bonds. The molecule has 0 fully saturated rings. The van der Waals surface area contributed by atoms with E-state index in [1.807, 2.05) is 23.1 Å². The van der Waals surface area contributed by atoms with Crippen LogP contribution in [-0.4, -0.2) is 11.4 Å². The third-order valence-electron chi connectivity index (χ3n) is 4.01. The first-order valence-corrected chi connectivity index (χ1v) is 7.67. The maximum Gasteiger partial charge on any atom is 0.259 e. The molecule has 2 aromatic carbocycles. The van der Waals surface area contributed by atoms with Crippen LogP contribution in [-0.2, 0) is 0 Å². The van der Waals surface area contributed by atoms with E-state index in [0.29, 0.717) is 10.6 Å². The van der Waals surface area contributed by atoms with Gasteiger partial charge >= 0.3 is 0 Å². The van der Waals surface area contributed by atoms with Crippen LogP contribution < -0.4 is 4.90 Å². The van der Waals surface area contributed by atoms with Gasteiger partial charge in [-0.3, -0.25) is 9.69 Å². The van der Waals surface area contributed by atoms with Crippen molar-refractivity contribution >= 4 is 28.8 Å². The first kappa shape index (κ1) is 14.9. The Bertz CT molecular complexity index is 759. The lowest BCUT2D eigenvalue weighted by Gasteiger charge is -2.41. The van der Waals surface area contributed by atoms with Crippen molar-refractivity contribution in [1.29, 1.82) is 0 Å². The van der Waals surface area contributed by atoms with E-state index in [9.17, 15) is 4.79 Å². The van der Waals surface area contributed by atoms with Gasteiger partial charge in [0.05, 0.1) is 11.2 Å². The summed E-state index contributed by atoms with van der Waals surface area (Å²) in [5, 5.41) is 0.630. The lowest BCUT2D eigenvalue weighted by Crippen LogP contribution is -2.48. The van der Waals surface area contributed by atoms with Crippen molar-refractivity contribution in [3.05, 3.63) is 70.8 Å². The molecule has 0 aromatic heterocycles. The Morgan fingerprint density at radius 2 is 1.68 bits per heavy atom. The summed E-state index contributed by atoms with van der Waals surface area (Å²) >= 11 is 5.92. The molecule has 1 heterocycles. The van der Waals surface area contributed by atoms with Gasteiger partial charge in [0.15, 0.2) is 0 Å². The average Bonchev–Trinajstić information content (AvgIpc) is 2.47. The summed E-state index contributed by atoms with van der Waals surface area (Å²) in [6, 6.07) is 15.1. The summed E-state index contributed by atoms with van der Waals surface area (Å²) in [6.07, 6.45) is 2.14. The van der Waals surface area contributed by atoms with Crippen LogP contribution in [0.25, 0.3) is 5.57 Å². The van der Waals surface area contributed by atoms with Crippen molar-refractivity contribution in [2.45, 2.75) is 26.3 Å². The van der Waals surface area contributed by atoms with Crippen LogP contribution in [0.15, 0.2) is 54.6 Å². The van der Waals surface area contributed by atoms with Crippen molar-refractivity contribution < 1.29 is 4.79 Å². The van der Waals surface area contributed by atoms with Crippen molar-refractivity contribution in [2.24, 2.45) is 0 Å². The van der Waals surface area contributed by atoms with Crippen LogP contribution in [0, 0.1) is 0 Å². The van der Waals surface area contributed by atoms with Crippen LogP contribution in [0.1, 0.15) is 36.7 Å². The van der Waals surface area contributed by atoms with E-state index >= 15 is 0 Å². The molecule has 0 spiro atoms. The predicted molar refractivity (Wildman–Crippen MR) is 92.4 cm³/mol. The highest BCUT2D eigenvalue weighted by Crippen LogP contribution is 2.39. The summed E-state index contributed by atoms with van der Waals surface area (Å²) in [4.78, 5) is 14.9. The quantitative estimate of drug-likeness (QED) is 0.710. The predicted octanol–water partition coefficient (Wildman–Crippen LogP) is 5.18. The Kier molecular flexibility index (Phi) is 3.57. The molecule has 0 aliphatic carbocycles. The third-order valence-corrected chi connectivity index (χ3v) is 4.26. The number of carbonyl (C=O) groups is 1. The Morgan fingerprint density at radius 1 is 1.05 bits per heavy atom. The monoisotopic (exact) mass is 311 g/mol. The molecule has 2 aromatic rings. The first-order valence-electron chi connectivity index (χ1n) is 7.29. The molecule has 0 atom stereocenters. The number of fused-ring (bicyclic) bond motifs is 1. The molecule has 0 radical (unpaired) electrons. The summed E-state index contributed by atoms with van der Waals surface area (Å²) in [5.41, 5.74) is 3.51. The van der Waals surface area contributed by atoms with E-state index in [4.69, 9.17) is 11.6 Å². The van der Waals surface area contributed by atoms with Crippen molar-refractivity contribution in [3.8, 4) is 0 Å². The van der Waals surface area contributed by atoms with Crippen LogP contribution in [0.3, 0.4) is 0 Å². The van der Waals surface area contributed by atoms with Crippen LogP contribution in [0.5, 0.6) is 0 Å². The van der Waals surface area contributed by atoms with Crippen molar-refractivity contribution in [1.82, 2.24) is 0 Å². The number of hydrogen-bond acceptors (Lipinski definition) is 1. The number of carbonyl (C=O) groups excluding carboxylic acids is 1. The highest BCUT2D eigenvalue weighted by molar-refractivity contribution is 6.30. The summed E-state index contributed by atoms with van der Waals surface area (Å²) in [6.45, 7) is 6.20. The minimum Gasteiger partial charge on any atom is -0.299 e. The maximum atomic E-state index is 13.0. The molecule has 112 valence electrons. The van der Waals surface area contributed by atoms with Gasteiger partial charge in [-0.15, -0.1) is 0 Å². The molecular formula is C19H18ClNO. The number of para-hydroxylation sites is 1. The van der Waals surface area contributed by atoms with Crippen LogP contribution >= 0.6 is 11.6 Å². The molecule has 2 nitrogen and oxygen atoms in total. The Balaban J connectivity index is 2.12. The minimum atomic E-state index is -0.380. The Morgan fingerprint density at radius 3 is 2.36 bits per heavy atom. The highest BCUT2D eigenvalue weighted by atomic mass is 35.5. The molecule has 0 saturated heterocycles. The third kappa shape index (κ3) is 2.44. The van der Waals surface area contributed by atoms with Gasteiger partial charge in [-0.25, -0.2) is 0 Å². The zero-order valence-electron chi connectivity index (χ0n) is 12.9. The largest absolute Gasteiger partial charge is 0.299 e. The van der Waals surface area contributed by atoms with Crippen molar-refractivity contribution in [2.75, 3.05) is 4.90 Å². The van der Waals surface area contributed by atoms with E-state index < -0.39 is 0 Å². The zero-order chi connectivity index (χ0) is 15.9. The number of amides is 1. The van der Waals surface area contributed by atoms with E-state index in [1.165, 1.54) is 5.57 Å². The number of rotatable bonds is 1. The number of hydrogen-bond donors (Lipinski definition) is 0. The molecule has 22 heavy (non-hydrogen) atoms. The Labute approximate surface area is 136 Å². The molecule has 3 heteroatoms. The molecule has 0 unspecified atom stereocenters. The second-order valence-corrected chi connectivity index (χ2v) is 6.58. The molecular weight excluding hydrogens is 294 g/mol. The van der Waals surface area contributed by atoms with Crippen LogP contribution in [0.4, 0.5) is 5.69 Å². The number of anilines is 1. The van der Waals surface area contributed by atoms with Crippen molar-refractivity contribution in [3.63, 3.8) is 0 Å². The van der Waals surface area contributed by atoms with Gasteiger partial charge in [0.25, 0.3) is 5.91 Å². The molecule has 0 N–H and O–H groups in total. The highest BCUT2D eigenvalue weighted by Gasteiger charge is 2.35. The summed E-state index contributed by atoms with van der Waals surface area (Å²) in [7, 11) is 0. The molecule has 1 aliphatic rings. The van der Waals surface area contributed by atoms with E-state index in [2.05, 4.69) is 32.9 Å². The average molecular weight is 312 g/mol. The minimum absolute atomic E-state index is 0.0159. The zero-order valence-corrected chi connectivity index (χ0v) is 13.7. The number of benzene rings is 2. The van der Waals surface area contributed by atoms with E-state index in [0.717, 1.165) is 11.3 Å². The van der Waals surface area contributed by atoms with E-state index in [1.54, 1.807) is 24.3 Å². The number of allylic oxidation sites excluding steroid dienone is 1. The number of nitrogens with zero attached hydrogens (tertiary/aromatic N) is 1. The SMILES string of the molecule is CC1=CC(C)(C)N(C(=O)c2ccc(Cl)cc2)c2ccccc21. The summed E-state index contributed by atoms with van der Waals surface area (Å²) < 4.78 is 0. The summed E-state index contributed by atoms with van der Waals surface area (Å²) in [5.74, 6) is -0.0159. The second-order valence-electron chi connectivity index (χ2n) is 6.15. The molecule has 0 saturated carbocycles. The fourth-order valence-corrected chi connectivity index (χ4v) is 3.20. The smallest absolute Gasteiger partial charge is 0.259 e. The standard InChI is InChI=1S/C19H18ClNO/c1-13-12-19(2,3)21(17-7-5-4-6-16(13)17)18(22)14-8-10-15(20)11-9-14/h4-12H,1-3H3. The topological polar surface area (TPSA) is 20.3 Å². The van der Waals surface area contributed by atoms with Gasteiger partial charge in [0.1, 0.15) is 0 Å². The lowest BCUT2D eigenvalue weighted by molar-refractivity contribution is 0.0970. The van der Waals surface area contributed by atoms with Gasteiger partial charge in [0, 0.05) is 16.1 Å². The maximum absolute atomic E-state index is 13.0. The second kappa shape index (κ2) is 5.29. The first-order chi connectivity index (χ1) is 10.4. The van der Waals surface area contributed by atoms with Gasteiger partial charge < -0.3 is 0 Å². The van der Waals surface area contributed by atoms with Gasteiger partial charge in [0.2, 0.25) is 0 Å².